The first-order valence-electron chi connectivity index (χ1n) is 7.77. The summed E-state index contributed by atoms with van der Waals surface area (Å²) in [6, 6.07) is 17.4. The second-order valence-electron chi connectivity index (χ2n) is 5.69. The molecule has 1 heterocycles. The van der Waals surface area contributed by atoms with E-state index in [-0.39, 0.29) is 24.6 Å². The molecule has 24 heavy (non-hydrogen) atoms. The van der Waals surface area contributed by atoms with Crippen molar-refractivity contribution in [3.63, 3.8) is 0 Å². The summed E-state index contributed by atoms with van der Waals surface area (Å²) in [7, 11) is 1.63. The maximum atomic E-state index is 9.33. The Morgan fingerprint density at radius 3 is 2.54 bits per heavy atom. The van der Waals surface area contributed by atoms with Crippen LogP contribution in [0.4, 0.5) is 0 Å². The number of hydrogen-bond donors (Lipinski definition) is 2. The molecule has 2 aromatic carbocycles. The SMILES string of the molecule is COc1cccc(C#Cc2ccc([C@H]3[C@@H](C#N)N[C@@H]3CO)cc2)c1. The fourth-order valence-electron chi connectivity index (χ4n) is 2.89. The van der Waals surface area contributed by atoms with Crippen LogP contribution in [0.25, 0.3) is 0 Å². The highest BCUT2D eigenvalue weighted by molar-refractivity contribution is 5.46. The largest absolute Gasteiger partial charge is 0.497 e. The maximum Gasteiger partial charge on any atom is 0.120 e. The first kappa shape index (κ1) is 16.1. The molecule has 3 rings (SSSR count). The van der Waals surface area contributed by atoms with Crippen molar-refractivity contribution in [2.45, 2.75) is 18.0 Å². The van der Waals surface area contributed by atoms with Gasteiger partial charge in [0.15, 0.2) is 0 Å². The minimum Gasteiger partial charge on any atom is -0.497 e. The van der Waals surface area contributed by atoms with Gasteiger partial charge in [-0.2, -0.15) is 5.26 Å². The number of ether oxygens (including phenoxy) is 1. The molecule has 1 fully saturated rings. The van der Waals surface area contributed by atoms with Crippen molar-refractivity contribution in [3.05, 3.63) is 65.2 Å². The second-order valence-corrected chi connectivity index (χ2v) is 5.69. The lowest BCUT2D eigenvalue weighted by Crippen LogP contribution is -2.60. The van der Waals surface area contributed by atoms with Gasteiger partial charge in [0.25, 0.3) is 0 Å². The molecule has 0 aromatic heterocycles. The molecule has 0 radical (unpaired) electrons. The lowest BCUT2D eigenvalue weighted by Gasteiger charge is -2.41. The predicted octanol–water partition coefficient (Wildman–Crippen LogP) is 2.03. The summed E-state index contributed by atoms with van der Waals surface area (Å²) < 4.78 is 5.19. The van der Waals surface area contributed by atoms with Gasteiger partial charge in [0.05, 0.1) is 19.8 Å². The molecule has 0 spiro atoms. The van der Waals surface area contributed by atoms with Crippen LogP contribution in [0.5, 0.6) is 5.75 Å². The molecule has 1 aliphatic heterocycles. The molecule has 1 aliphatic rings. The Balaban J connectivity index is 1.76. The molecule has 0 bridgehead atoms. The molecule has 3 atom stereocenters. The fraction of sp³-hybridized carbons (Fsp3) is 0.250. The van der Waals surface area contributed by atoms with Crippen LogP contribution in [0.15, 0.2) is 48.5 Å². The van der Waals surface area contributed by atoms with Crippen LogP contribution in [0.2, 0.25) is 0 Å². The van der Waals surface area contributed by atoms with E-state index >= 15 is 0 Å². The van der Waals surface area contributed by atoms with Gasteiger partial charge in [0.1, 0.15) is 11.8 Å². The molecule has 0 saturated carbocycles. The smallest absolute Gasteiger partial charge is 0.120 e. The van der Waals surface area contributed by atoms with Crippen molar-refractivity contribution in [3.8, 4) is 23.7 Å². The molecular weight excluding hydrogens is 300 g/mol. The zero-order valence-electron chi connectivity index (χ0n) is 13.4. The summed E-state index contributed by atoms with van der Waals surface area (Å²) in [5, 5.41) is 21.5. The number of nitrogens with one attached hydrogen (secondary N) is 1. The number of benzene rings is 2. The highest BCUT2D eigenvalue weighted by Crippen LogP contribution is 2.31. The van der Waals surface area contributed by atoms with Crippen molar-refractivity contribution < 1.29 is 9.84 Å². The number of nitriles is 1. The van der Waals surface area contributed by atoms with E-state index in [2.05, 4.69) is 23.2 Å². The van der Waals surface area contributed by atoms with Crippen LogP contribution in [0.3, 0.4) is 0 Å². The van der Waals surface area contributed by atoms with Gasteiger partial charge in [0.2, 0.25) is 0 Å². The number of aliphatic hydroxyl groups excluding tert-OH is 1. The van der Waals surface area contributed by atoms with Crippen molar-refractivity contribution in [1.82, 2.24) is 5.32 Å². The Labute approximate surface area is 141 Å². The molecule has 4 heteroatoms. The van der Waals surface area contributed by atoms with Gasteiger partial charge in [-0.05, 0) is 35.9 Å². The minimum atomic E-state index is -0.240. The molecule has 2 N–H and O–H groups in total. The standard InChI is InChI=1S/C20H18N2O2/c1-24-17-4-2-3-15(11-17)6-5-14-7-9-16(10-8-14)20-18(12-21)22-19(20)13-23/h2-4,7-11,18-20,22-23H,13H2,1H3/t18-,19-,20+/m1/s1. The van der Waals surface area contributed by atoms with Crippen molar-refractivity contribution in [2.75, 3.05) is 13.7 Å². The zero-order valence-corrected chi connectivity index (χ0v) is 13.4. The Bertz CT molecular complexity index is 812. The normalized spacial score (nSPS) is 21.8. The molecule has 4 nitrogen and oxygen atoms in total. The van der Waals surface area contributed by atoms with Gasteiger partial charge >= 0.3 is 0 Å². The van der Waals surface area contributed by atoms with Crippen LogP contribution in [0, 0.1) is 23.2 Å². The van der Waals surface area contributed by atoms with Gasteiger partial charge in [-0.1, -0.05) is 30.0 Å². The van der Waals surface area contributed by atoms with E-state index in [4.69, 9.17) is 10.00 Å². The Morgan fingerprint density at radius 2 is 1.88 bits per heavy atom. The number of nitrogens with zero attached hydrogens (tertiary/aromatic N) is 1. The molecular formula is C20H18N2O2. The first-order valence-corrected chi connectivity index (χ1v) is 7.77. The second kappa shape index (κ2) is 7.19. The van der Waals surface area contributed by atoms with Gasteiger partial charge in [0, 0.05) is 23.1 Å². The van der Waals surface area contributed by atoms with E-state index < -0.39 is 0 Å². The van der Waals surface area contributed by atoms with Crippen LogP contribution in [-0.4, -0.2) is 30.9 Å². The van der Waals surface area contributed by atoms with Gasteiger partial charge in [-0.25, -0.2) is 0 Å². The van der Waals surface area contributed by atoms with E-state index in [0.29, 0.717) is 0 Å². The molecule has 0 amide bonds. The first-order chi connectivity index (χ1) is 11.7. The summed E-state index contributed by atoms with van der Waals surface area (Å²) in [6.07, 6.45) is 0. The highest BCUT2D eigenvalue weighted by atomic mass is 16.5. The maximum absolute atomic E-state index is 9.33. The lowest BCUT2D eigenvalue weighted by molar-refractivity contribution is 0.151. The summed E-state index contributed by atoms with van der Waals surface area (Å²) in [6.45, 7) is 0.0280. The molecule has 2 aromatic rings. The Hall–Kier alpha value is -2.79. The number of rotatable bonds is 3. The summed E-state index contributed by atoms with van der Waals surface area (Å²) >= 11 is 0. The third kappa shape index (κ3) is 3.26. The molecule has 0 unspecified atom stereocenters. The quantitative estimate of drug-likeness (QED) is 0.850. The van der Waals surface area contributed by atoms with Gasteiger partial charge < -0.3 is 9.84 Å². The number of methoxy groups -OCH3 is 1. The van der Waals surface area contributed by atoms with E-state index in [1.165, 1.54) is 0 Å². The summed E-state index contributed by atoms with van der Waals surface area (Å²) in [5.74, 6) is 7.06. The Kier molecular flexibility index (Phi) is 4.82. The van der Waals surface area contributed by atoms with Crippen molar-refractivity contribution in [1.29, 1.82) is 5.26 Å². The fourth-order valence-corrected chi connectivity index (χ4v) is 2.89. The summed E-state index contributed by atoms with van der Waals surface area (Å²) in [5.41, 5.74) is 2.85. The van der Waals surface area contributed by atoms with E-state index in [0.717, 1.165) is 22.4 Å². The van der Waals surface area contributed by atoms with Crippen LogP contribution in [-0.2, 0) is 0 Å². The van der Waals surface area contributed by atoms with Crippen LogP contribution >= 0.6 is 0 Å². The predicted molar refractivity (Wildman–Crippen MR) is 91.6 cm³/mol. The van der Waals surface area contributed by atoms with Crippen LogP contribution in [0.1, 0.15) is 22.6 Å². The highest BCUT2D eigenvalue weighted by Gasteiger charge is 2.40. The number of aliphatic hydroxyl groups is 1. The van der Waals surface area contributed by atoms with Crippen LogP contribution < -0.4 is 10.1 Å². The van der Waals surface area contributed by atoms with E-state index in [1.807, 2.05) is 48.5 Å². The zero-order chi connectivity index (χ0) is 16.9. The Morgan fingerprint density at radius 1 is 1.12 bits per heavy atom. The van der Waals surface area contributed by atoms with Crippen molar-refractivity contribution in [2.24, 2.45) is 0 Å². The number of hydrogen-bond acceptors (Lipinski definition) is 4. The molecule has 1 saturated heterocycles. The monoisotopic (exact) mass is 318 g/mol. The third-order valence-corrected chi connectivity index (χ3v) is 4.24. The topological polar surface area (TPSA) is 65.3 Å². The molecule has 120 valence electrons. The average molecular weight is 318 g/mol. The van der Waals surface area contributed by atoms with Gasteiger partial charge in [-0.15, -0.1) is 0 Å². The van der Waals surface area contributed by atoms with Crippen molar-refractivity contribution >= 4 is 0 Å². The lowest BCUT2D eigenvalue weighted by atomic mass is 9.78. The van der Waals surface area contributed by atoms with E-state index in [1.54, 1.807) is 7.11 Å². The summed E-state index contributed by atoms with van der Waals surface area (Å²) in [4.78, 5) is 0. The molecule has 0 aliphatic carbocycles. The average Bonchev–Trinajstić information content (AvgIpc) is 2.61. The minimum absolute atomic E-state index is 0.0280. The van der Waals surface area contributed by atoms with E-state index in [9.17, 15) is 5.11 Å². The van der Waals surface area contributed by atoms with Gasteiger partial charge in [-0.3, -0.25) is 5.32 Å². The third-order valence-electron chi connectivity index (χ3n) is 4.24.